The van der Waals surface area contributed by atoms with E-state index in [1.807, 2.05) is 12.1 Å². The van der Waals surface area contributed by atoms with E-state index in [1.165, 1.54) is 7.11 Å². The van der Waals surface area contributed by atoms with Crippen molar-refractivity contribution in [2.75, 3.05) is 20.2 Å². The molecular weight excluding hydrogens is 584 g/mol. The van der Waals surface area contributed by atoms with Crippen molar-refractivity contribution in [3.8, 4) is 23.0 Å². The van der Waals surface area contributed by atoms with Crippen LogP contribution in [-0.2, 0) is 28.0 Å². The Labute approximate surface area is 271 Å². The minimum atomic E-state index is -1.00. The topological polar surface area (TPSA) is 129 Å². The number of Topliss-reactive ketones (excluding diaryl/α,β-unsaturated/α-hetero) is 1. The SMILES string of the molecule is C=CCN1CC[C@]23c4c5ccc(O)c4O[C@H]2C(=O)CC[C@@]3(O)[C@H]1C5.COc1cc(CNC(=O)CCCC/C=C/C(C)C)ccc1O. The quantitative estimate of drug-likeness (QED) is 0.199. The molecule has 4 aliphatic rings. The molecule has 46 heavy (non-hydrogen) atoms. The number of ketones is 1. The normalized spacial score (nSPS) is 25.8. The van der Waals surface area contributed by atoms with Crippen LogP contribution in [0.3, 0.4) is 0 Å². The summed E-state index contributed by atoms with van der Waals surface area (Å²) in [5.41, 5.74) is 1.16. The monoisotopic (exact) mass is 632 g/mol. The maximum Gasteiger partial charge on any atom is 0.220 e. The summed E-state index contributed by atoms with van der Waals surface area (Å²) in [6, 6.07) is 8.59. The van der Waals surface area contributed by atoms with Crippen LogP contribution in [0.5, 0.6) is 23.0 Å². The van der Waals surface area contributed by atoms with Crippen LogP contribution in [0.1, 0.15) is 75.5 Å². The van der Waals surface area contributed by atoms with Gasteiger partial charge in [-0.25, -0.2) is 0 Å². The lowest BCUT2D eigenvalue weighted by Crippen LogP contribution is -2.76. The Morgan fingerprint density at radius 3 is 2.72 bits per heavy atom. The Kier molecular flexibility index (Phi) is 10.1. The largest absolute Gasteiger partial charge is 0.504 e. The molecule has 248 valence electrons. The second-order valence-electron chi connectivity index (χ2n) is 13.3. The molecule has 9 heteroatoms. The molecule has 6 rings (SSSR count). The number of hydrogen-bond donors (Lipinski definition) is 4. The van der Waals surface area contributed by atoms with E-state index in [2.05, 4.69) is 42.8 Å². The minimum Gasteiger partial charge on any atom is -0.504 e. The van der Waals surface area contributed by atoms with Crippen molar-refractivity contribution in [2.24, 2.45) is 5.92 Å². The average Bonchev–Trinajstić information content (AvgIpc) is 3.39. The van der Waals surface area contributed by atoms with Gasteiger partial charge in [0.1, 0.15) is 0 Å². The van der Waals surface area contributed by atoms with Crippen molar-refractivity contribution in [3.63, 3.8) is 0 Å². The molecule has 2 aliphatic heterocycles. The van der Waals surface area contributed by atoms with Crippen LogP contribution >= 0.6 is 0 Å². The van der Waals surface area contributed by atoms with Crippen molar-refractivity contribution in [3.05, 3.63) is 71.8 Å². The number of unbranched alkanes of at least 4 members (excludes halogenated alkanes) is 2. The predicted octanol–water partition coefficient (Wildman–Crippen LogP) is 5.09. The lowest BCUT2D eigenvalue weighted by atomic mass is 9.49. The molecule has 0 unspecified atom stereocenters. The molecule has 1 amide bonds. The molecule has 2 aromatic carbocycles. The Bertz CT molecular complexity index is 1490. The van der Waals surface area contributed by atoms with Crippen molar-refractivity contribution < 1.29 is 34.4 Å². The maximum absolute atomic E-state index is 12.6. The Morgan fingerprint density at radius 2 is 1.98 bits per heavy atom. The van der Waals surface area contributed by atoms with E-state index < -0.39 is 17.1 Å². The molecule has 2 bridgehead atoms. The van der Waals surface area contributed by atoms with Gasteiger partial charge in [0.25, 0.3) is 0 Å². The third-order valence-corrected chi connectivity index (χ3v) is 10.0. The van der Waals surface area contributed by atoms with Gasteiger partial charge < -0.3 is 30.1 Å². The zero-order valence-electron chi connectivity index (χ0n) is 27.3. The zero-order valence-corrected chi connectivity index (χ0v) is 27.3. The lowest BCUT2D eigenvalue weighted by molar-refractivity contribution is -0.187. The maximum atomic E-state index is 12.6. The highest BCUT2D eigenvalue weighted by Gasteiger charge is 2.73. The van der Waals surface area contributed by atoms with Gasteiger partial charge in [-0.3, -0.25) is 14.5 Å². The molecule has 1 saturated carbocycles. The molecule has 0 aromatic heterocycles. The fraction of sp³-hybridized carbons (Fsp3) is 0.514. The highest BCUT2D eigenvalue weighted by Crippen LogP contribution is 2.64. The van der Waals surface area contributed by atoms with Crippen molar-refractivity contribution in [1.29, 1.82) is 0 Å². The third kappa shape index (κ3) is 6.15. The first-order chi connectivity index (χ1) is 22.0. The number of hydrogen-bond acceptors (Lipinski definition) is 8. The summed E-state index contributed by atoms with van der Waals surface area (Å²) in [5, 5.41) is 34.5. The Balaban J connectivity index is 0.000000182. The highest BCUT2D eigenvalue weighted by atomic mass is 16.5. The number of nitrogens with zero attached hydrogens (tertiary/aromatic N) is 1. The first-order valence-corrected chi connectivity index (χ1v) is 16.5. The highest BCUT2D eigenvalue weighted by molar-refractivity contribution is 5.90. The second kappa shape index (κ2) is 13.9. The van der Waals surface area contributed by atoms with Gasteiger partial charge in [-0.1, -0.05) is 44.2 Å². The van der Waals surface area contributed by atoms with Crippen LogP contribution in [0, 0.1) is 5.92 Å². The number of phenolic OH excluding ortho intramolecular Hbond substituents is 2. The summed E-state index contributed by atoms with van der Waals surface area (Å²) in [5.74, 6) is 1.70. The van der Waals surface area contributed by atoms with Crippen molar-refractivity contribution in [2.45, 2.75) is 94.9 Å². The molecule has 2 aliphatic carbocycles. The van der Waals surface area contributed by atoms with Gasteiger partial charge in [0.15, 0.2) is 34.9 Å². The molecule has 1 spiro atoms. The fourth-order valence-corrected chi connectivity index (χ4v) is 7.83. The molecule has 4 N–H and O–H groups in total. The molecule has 2 heterocycles. The molecule has 2 aromatic rings. The summed E-state index contributed by atoms with van der Waals surface area (Å²) in [7, 11) is 1.51. The number of rotatable bonds is 11. The lowest BCUT2D eigenvalue weighted by Gasteiger charge is -2.62. The average molecular weight is 633 g/mol. The van der Waals surface area contributed by atoms with E-state index >= 15 is 0 Å². The summed E-state index contributed by atoms with van der Waals surface area (Å²) >= 11 is 0. The molecule has 0 radical (unpaired) electrons. The van der Waals surface area contributed by atoms with Gasteiger partial charge in [-0.05, 0) is 73.8 Å². The predicted molar refractivity (Wildman–Crippen MR) is 176 cm³/mol. The van der Waals surface area contributed by atoms with Crippen LogP contribution in [-0.4, -0.2) is 69.9 Å². The molecule has 4 atom stereocenters. The fourth-order valence-electron chi connectivity index (χ4n) is 7.83. The van der Waals surface area contributed by atoms with Crippen LogP contribution in [0.15, 0.2) is 55.1 Å². The van der Waals surface area contributed by atoms with Crippen LogP contribution in [0.2, 0.25) is 0 Å². The number of ether oxygens (including phenoxy) is 2. The van der Waals surface area contributed by atoms with Crippen LogP contribution < -0.4 is 14.8 Å². The number of aromatic hydroxyl groups is 2. The van der Waals surface area contributed by atoms with E-state index in [0.29, 0.717) is 56.1 Å². The van der Waals surface area contributed by atoms with E-state index in [9.17, 15) is 24.9 Å². The Morgan fingerprint density at radius 1 is 1.20 bits per heavy atom. The third-order valence-electron chi connectivity index (χ3n) is 10.0. The number of allylic oxidation sites excluding steroid dienone is 2. The number of carbonyl (C=O) groups is 2. The molecule has 2 fully saturated rings. The molecular formula is C37H48N2O7. The molecule has 1 saturated heterocycles. The van der Waals surface area contributed by atoms with Gasteiger partial charge in [0.05, 0.1) is 18.1 Å². The van der Waals surface area contributed by atoms with Gasteiger partial charge in [0, 0.05) is 44.1 Å². The summed E-state index contributed by atoms with van der Waals surface area (Å²) in [4.78, 5) is 26.7. The van der Waals surface area contributed by atoms with Crippen molar-refractivity contribution in [1.82, 2.24) is 10.2 Å². The Hall–Kier alpha value is -3.82. The number of benzene rings is 2. The summed E-state index contributed by atoms with van der Waals surface area (Å²) in [6.45, 7) is 10.1. The number of likely N-dealkylation sites (tertiary alicyclic amines) is 1. The van der Waals surface area contributed by atoms with E-state index in [1.54, 1.807) is 24.3 Å². The van der Waals surface area contributed by atoms with Crippen LogP contribution in [0.4, 0.5) is 0 Å². The van der Waals surface area contributed by atoms with Crippen LogP contribution in [0.25, 0.3) is 0 Å². The second-order valence-corrected chi connectivity index (χ2v) is 13.3. The summed E-state index contributed by atoms with van der Waals surface area (Å²) in [6.07, 6.45) is 11.2. The van der Waals surface area contributed by atoms with Gasteiger partial charge in [-0.2, -0.15) is 0 Å². The number of carbonyl (C=O) groups excluding carboxylic acids is 2. The van der Waals surface area contributed by atoms with Gasteiger partial charge in [0.2, 0.25) is 5.91 Å². The van der Waals surface area contributed by atoms with Crippen molar-refractivity contribution >= 4 is 11.7 Å². The number of aliphatic hydroxyl groups is 1. The first-order valence-electron chi connectivity index (χ1n) is 16.5. The number of methoxy groups -OCH3 is 1. The first kappa shape index (κ1) is 33.5. The van der Waals surface area contributed by atoms with E-state index in [4.69, 9.17) is 9.47 Å². The number of amides is 1. The number of phenols is 2. The summed E-state index contributed by atoms with van der Waals surface area (Å²) < 4.78 is 11.0. The smallest absolute Gasteiger partial charge is 0.220 e. The number of nitrogens with one attached hydrogen (secondary N) is 1. The number of piperidine rings is 1. The van der Waals surface area contributed by atoms with Gasteiger partial charge >= 0.3 is 0 Å². The minimum absolute atomic E-state index is 0.0408. The zero-order chi connectivity index (χ0) is 33.1. The van der Waals surface area contributed by atoms with E-state index in [-0.39, 0.29) is 29.2 Å². The molecule has 9 nitrogen and oxygen atoms in total. The standard InChI is InChI=1S/C19H21NO4.C18H27NO3/c1-2-8-20-9-7-18-15-11-3-4-12(21)16(15)24-17(18)13(22)5-6-19(18,23)14(20)10-11;1-14(2)8-6-4-5-7-9-18(21)19-13-15-10-11-16(20)17(12-15)22-3/h2-4,14,17,21,23H,1,5-10H2;6,8,10-12,14,20H,4-5,7,9,13H2,1-3H3,(H,19,21)/b;8-6+/t14-,17+,18+,19-;/m1./s1. The van der Waals surface area contributed by atoms with Gasteiger partial charge in [-0.15, -0.1) is 6.58 Å². The van der Waals surface area contributed by atoms with E-state index in [0.717, 1.165) is 49.0 Å².